The van der Waals surface area contributed by atoms with Crippen molar-refractivity contribution in [3.63, 3.8) is 0 Å². The molecule has 0 amide bonds. The molecule has 0 atom stereocenters. The van der Waals surface area contributed by atoms with Crippen LogP contribution in [0.25, 0.3) is 0 Å². The summed E-state index contributed by atoms with van der Waals surface area (Å²) in [7, 11) is -1.39. The monoisotopic (exact) mass is 439 g/mol. The molecule has 1 heterocycles. The smallest absolute Gasteiger partial charge is 0.269 e. The van der Waals surface area contributed by atoms with Crippen molar-refractivity contribution < 1.29 is 13.3 Å². The highest BCUT2D eigenvalue weighted by Gasteiger charge is 2.27. The summed E-state index contributed by atoms with van der Waals surface area (Å²) in [6.45, 7) is 3.75. The van der Waals surface area contributed by atoms with Crippen molar-refractivity contribution in [2.75, 3.05) is 32.4 Å². The molecule has 1 saturated heterocycles. The molecule has 0 bridgehead atoms. The molecule has 0 aliphatic carbocycles. The molecular weight excluding hydrogens is 406 g/mol. The predicted octanol–water partition coefficient (Wildman–Crippen LogP) is 2.29. The van der Waals surface area contributed by atoms with Gasteiger partial charge < -0.3 is 10.6 Å². The van der Waals surface area contributed by atoms with Gasteiger partial charge in [0.05, 0.1) is 10.7 Å². The van der Waals surface area contributed by atoms with Gasteiger partial charge in [-0.25, -0.2) is 12.7 Å². The fourth-order valence-corrected chi connectivity index (χ4v) is 5.04. The fourth-order valence-electron chi connectivity index (χ4n) is 3.50. The molecule has 10 heteroatoms. The van der Waals surface area contributed by atoms with Gasteiger partial charge in [0, 0.05) is 44.9 Å². The second kappa shape index (κ2) is 11.8. The van der Waals surface area contributed by atoms with Gasteiger partial charge in [0.1, 0.15) is 0 Å². The maximum absolute atomic E-state index is 12.2. The van der Waals surface area contributed by atoms with E-state index in [4.69, 9.17) is 0 Å². The minimum Gasteiger partial charge on any atom is -0.356 e. The van der Waals surface area contributed by atoms with E-state index in [9.17, 15) is 18.5 Å². The first-order chi connectivity index (χ1) is 14.4. The second-order valence-corrected chi connectivity index (χ2v) is 9.60. The van der Waals surface area contributed by atoms with Gasteiger partial charge in [-0.2, -0.15) is 0 Å². The molecule has 9 nitrogen and oxygen atoms in total. The Balaban J connectivity index is 1.65. The van der Waals surface area contributed by atoms with Crippen molar-refractivity contribution in [2.24, 2.45) is 4.99 Å². The normalized spacial score (nSPS) is 16.4. The molecule has 0 saturated carbocycles. The number of aryl methyl sites for hydroxylation is 1. The van der Waals surface area contributed by atoms with Gasteiger partial charge in [-0.05, 0) is 44.1 Å². The molecular formula is C20H33N5O4S. The van der Waals surface area contributed by atoms with Crippen LogP contribution in [0.15, 0.2) is 29.3 Å². The molecule has 1 aliphatic heterocycles. The quantitative estimate of drug-likeness (QED) is 0.190. The number of guanidine groups is 1. The molecule has 1 aromatic carbocycles. The van der Waals surface area contributed by atoms with Crippen LogP contribution < -0.4 is 10.6 Å². The predicted molar refractivity (Wildman–Crippen MR) is 119 cm³/mol. The molecule has 30 heavy (non-hydrogen) atoms. The summed E-state index contributed by atoms with van der Waals surface area (Å²) >= 11 is 0. The number of benzene rings is 1. The molecule has 0 spiro atoms. The van der Waals surface area contributed by atoms with Crippen molar-refractivity contribution in [1.29, 1.82) is 0 Å². The summed E-state index contributed by atoms with van der Waals surface area (Å²) in [4.78, 5) is 14.6. The lowest BCUT2D eigenvalue weighted by molar-refractivity contribution is -0.384. The summed E-state index contributed by atoms with van der Waals surface area (Å²) < 4.78 is 25.9. The highest BCUT2D eigenvalue weighted by atomic mass is 32.2. The van der Waals surface area contributed by atoms with Crippen LogP contribution in [0, 0.1) is 10.1 Å². The average Bonchev–Trinajstić information content (AvgIpc) is 2.73. The summed E-state index contributed by atoms with van der Waals surface area (Å²) in [5.74, 6) is 0.953. The van der Waals surface area contributed by atoms with E-state index in [1.54, 1.807) is 23.5 Å². The molecule has 2 rings (SSSR count). The number of piperidine rings is 1. The lowest BCUT2D eigenvalue weighted by Crippen LogP contribution is -2.50. The SMILES string of the molecule is CCCS(=O)(=O)N1CCC(NC(=NC)NCCCCc2ccc([N+](=O)[O-])cc2)CC1. The van der Waals surface area contributed by atoms with E-state index in [2.05, 4.69) is 15.6 Å². The Kier molecular flexibility index (Phi) is 9.51. The number of hydrogen-bond donors (Lipinski definition) is 2. The average molecular weight is 440 g/mol. The Bertz CT molecular complexity index is 803. The van der Waals surface area contributed by atoms with Crippen molar-refractivity contribution in [3.8, 4) is 0 Å². The number of nitrogens with zero attached hydrogens (tertiary/aromatic N) is 3. The summed E-state index contributed by atoms with van der Waals surface area (Å²) in [5.41, 5.74) is 1.21. The van der Waals surface area contributed by atoms with E-state index >= 15 is 0 Å². The van der Waals surface area contributed by atoms with Gasteiger partial charge in [0.25, 0.3) is 5.69 Å². The van der Waals surface area contributed by atoms with Crippen LogP contribution >= 0.6 is 0 Å². The highest BCUT2D eigenvalue weighted by molar-refractivity contribution is 7.89. The largest absolute Gasteiger partial charge is 0.356 e. The molecule has 0 unspecified atom stereocenters. The zero-order valence-corrected chi connectivity index (χ0v) is 18.7. The third kappa shape index (κ3) is 7.56. The third-order valence-electron chi connectivity index (χ3n) is 5.21. The Morgan fingerprint density at radius 1 is 1.23 bits per heavy atom. The summed E-state index contributed by atoms with van der Waals surface area (Å²) in [5, 5.41) is 17.4. The Labute approximate surface area is 179 Å². The number of hydrogen-bond acceptors (Lipinski definition) is 5. The van der Waals surface area contributed by atoms with Crippen molar-refractivity contribution in [3.05, 3.63) is 39.9 Å². The Hall–Kier alpha value is -2.20. The minimum absolute atomic E-state index is 0.115. The number of non-ortho nitro benzene ring substituents is 1. The third-order valence-corrected chi connectivity index (χ3v) is 7.28. The van der Waals surface area contributed by atoms with Crippen molar-refractivity contribution >= 4 is 21.7 Å². The van der Waals surface area contributed by atoms with Crippen LogP contribution in [0.3, 0.4) is 0 Å². The number of nitro benzene ring substituents is 1. The zero-order chi connectivity index (χ0) is 22.0. The molecule has 1 fully saturated rings. The van der Waals surface area contributed by atoms with Gasteiger partial charge in [-0.3, -0.25) is 15.1 Å². The van der Waals surface area contributed by atoms with E-state index in [0.717, 1.165) is 50.2 Å². The van der Waals surface area contributed by atoms with Crippen LogP contribution in [0.1, 0.15) is 44.6 Å². The Morgan fingerprint density at radius 3 is 2.47 bits per heavy atom. The van der Waals surface area contributed by atoms with E-state index in [-0.39, 0.29) is 22.4 Å². The topological polar surface area (TPSA) is 117 Å². The van der Waals surface area contributed by atoms with E-state index < -0.39 is 10.0 Å². The first-order valence-corrected chi connectivity index (χ1v) is 12.1. The lowest BCUT2D eigenvalue weighted by atomic mass is 10.1. The van der Waals surface area contributed by atoms with Crippen LogP contribution in [0.5, 0.6) is 0 Å². The number of aliphatic imine (C=N–C) groups is 1. The maximum Gasteiger partial charge on any atom is 0.269 e. The lowest BCUT2D eigenvalue weighted by Gasteiger charge is -2.32. The molecule has 168 valence electrons. The molecule has 1 aromatic rings. The van der Waals surface area contributed by atoms with Crippen LogP contribution in [-0.2, 0) is 16.4 Å². The highest BCUT2D eigenvalue weighted by Crippen LogP contribution is 2.15. The summed E-state index contributed by atoms with van der Waals surface area (Å²) in [6, 6.07) is 6.90. The first kappa shape index (κ1) is 24.1. The van der Waals surface area contributed by atoms with E-state index in [0.29, 0.717) is 19.5 Å². The standard InChI is InChI=1S/C20H33N5O4S/c1-3-16-30(28,29)24-14-11-18(12-15-24)23-20(21-2)22-13-5-4-6-17-7-9-19(10-8-17)25(26)27/h7-10,18H,3-6,11-16H2,1-2H3,(H2,21,22,23). The first-order valence-electron chi connectivity index (χ1n) is 10.5. The second-order valence-electron chi connectivity index (χ2n) is 7.51. The number of rotatable bonds is 10. The molecule has 0 radical (unpaired) electrons. The van der Waals surface area contributed by atoms with Gasteiger partial charge in [0.15, 0.2) is 5.96 Å². The minimum atomic E-state index is -3.11. The number of nitrogens with one attached hydrogen (secondary N) is 2. The van der Waals surface area contributed by atoms with Gasteiger partial charge in [-0.15, -0.1) is 0 Å². The van der Waals surface area contributed by atoms with Gasteiger partial charge in [-0.1, -0.05) is 19.1 Å². The molecule has 1 aliphatic rings. The zero-order valence-electron chi connectivity index (χ0n) is 17.8. The Morgan fingerprint density at radius 2 is 1.90 bits per heavy atom. The van der Waals surface area contributed by atoms with E-state index in [1.807, 2.05) is 6.92 Å². The van der Waals surface area contributed by atoms with Crippen LogP contribution in [-0.4, -0.2) is 62.1 Å². The molecule has 0 aromatic heterocycles. The fraction of sp³-hybridized carbons (Fsp3) is 0.650. The van der Waals surface area contributed by atoms with Crippen molar-refractivity contribution in [2.45, 2.75) is 51.5 Å². The van der Waals surface area contributed by atoms with Crippen molar-refractivity contribution in [1.82, 2.24) is 14.9 Å². The number of unbranched alkanes of at least 4 members (excludes halogenated alkanes) is 1. The van der Waals surface area contributed by atoms with Gasteiger partial charge in [0.2, 0.25) is 10.0 Å². The summed E-state index contributed by atoms with van der Waals surface area (Å²) in [6.07, 6.45) is 4.96. The van der Waals surface area contributed by atoms with Crippen LogP contribution in [0.2, 0.25) is 0 Å². The van der Waals surface area contributed by atoms with Crippen LogP contribution in [0.4, 0.5) is 5.69 Å². The van der Waals surface area contributed by atoms with E-state index in [1.165, 1.54) is 12.1 Å². The van der Waals surface area contributed by atoms with Gasteiger partial charge >= 0.3 is 0 Å². The maximum atomic E-state index is 12.2. The number of nitro groups is 1. The molecule has 2 N–H and O–H groups in total. The number of sulfonamides is 1.